The molecule has 0 atom stereocenters. The van der Waals surface area contributed by atoms with E-state index in [1.165, 1.54) is 0 Å². The van der Waals surface area contributed by atoms with E-state index in [1.54, 1.807) is 6.07 Å². The summed E-state index contributed by atoms with van der Waals surface area (Å²) in [5.41, 5.74) is 1.70. The highest BCUT2D eigenvalue weighted by Gasteiger charge is 2.06. The van der Waals surface area contributed by atoms with Gasteiger partial charge in [0.2, 0.25) is 0 Å². The molecule has 0 heterocycles. The molecule has 1 aromatic carbocycles. The third-order valence-corrected chi connectivity index (χ3v) is 2.68. The van der Waals surface area contributed by atoms with Crippen LogP contribution in [0.4, 0.5) is 0 Å². The molecule has 1 rings (SSSR count). The van der Waals surface area contributed by atoms with Gasteiger partial charge in [-0.25, -0.2) is 0 Å². The van der Waals surface area contributed by atoms with Crippen molar-refractivity contribution in [2.24, 2.45) is 0 Å². The van der Waals surface area contributed by atoms with Crippen LogP contribution in [0.25, 0.3) is 0 Å². The Morgan fingerprint density at radius 1 is 1.47 bits per heavy atom. The Hall–Kier alpha value is -0.860. The van der Waals surface area contributed by atoms with Crippen LogP contribution in [0.2, 0.25) is 5.02 Å². The van der Waals surface area contributed by atoms with Crippen molar-refractivity contribution in [3.05, 3.63) is 34.3 Å². The van der Waals surface area contributed by atoms with E-state index >= 15 is 0 Å². The number of rotatable bonds is 5. The van der Waals surface area contributed by atoms with E-state index in [-0.39, 0.29) is 5.78 Å². The molecular weight excluding hydrogens is 210 g/mol. The first kappa shape index (κ1) is 12.2. The first-order valence-electron chi connectivity index (χ1n) is 5.15. The largest absolute Gasteiger partial charge is 0.317 e. The molecule has 82 valence electrons. The van der Waals surface area contributed by atoms with Crippen molar-refractivity contribution in [1.29, 1.82) is 0 Å². The minimum atomic E-state index is 0.137. The van der Waals surface area contributed by atoms with Gasteiger partial charge in [-0.15, -0.1) is 0 Å². The summed E-state index contributed by atoms with van der Waals surface area (Å²) in [6.07, 6.45) is 0.521. The maximum atomic E-state index is 11.7. The minimum Gasteiger partial charge on any atom is -0.317 e. The van der Waals surface area contributed by atoms with Gasteiger partial charge >= 0.3 is 0 Å². The van der Waals surface area contributed by atoms with E-state index in [0.717, 1.165) is 18.7 Å². The van der Waals surface area contributed by atoms with Crippen molar-refractivity contribution in [3.63, 3.8) is 0 Å². The lowest BCUT2D eigenvalue weighted by Crippen LogP contribution is -2.17. The van der Waals surface area contributed by atoms with E-state index < -0.39 is 0 Å². The average Bonchev–Trinajstić information content (AvgIpc) is 2.22. The first-order chi connectivity index (χ1) is 7.15. The van der Waals surface area contributed by atoms with E-state index in [2.05, 4.69) is 5.32 Å². The topological polar surface area (TPSA) is 29.1 Å². The van der Waals surface area contributed by atoms with E-state index in [1.807, 2.05) is 26.0 Å². The number of aryl methyl sites for hydroxylation is 1. The standard InChI is InChI=1S/C12H16ClNO/c1-3-14-7-6-12(15)10-5-4-9(2)11(13)8-10/h4-5,8,14H,3,6-7H2,1-2H3. The van der Waals surface area contributed by atoms with Crippen LogP contribution in [-0.2, 0) is 0 Å². The molecule has 1 aromatic rings. The fraction of sp³-hybridized carbons (Fsp3) is 0.417. The molecule has 2 nitrogen and oxygen atoms in total. The van der Waals surface area contributed by atoms with Gasteiger partial charge in [0.15, 0.2) is 5.78 Å². The summed E-state index contributed by atoms with van der Waals surface area (Å²) in [5.74, 6) is 0.137. The number of carbonyl (C=O) groups excluding carboxylic acids is 1. The number of hydrogen-bond donors (Lipinski definition) is 1. The van der Waals surface area contributed by atoms with Gasteiger partial charge in [0.05, 0.1) is 0 Å². The lowest BCUT2D eigenvalue weighted by Gasteiger charge is -2.03. The Bertz CT molecular complexity index is 349. The molecule has 15 heavy (non-hydrogen) atoms. The van der Waals surface area contributed by atoms with E-state index in [4.69, 9.17) is 11.6 Å². The maximum absolute atomic E-state index is 11.7. The molecule has 0 aromatic heterocycles. The van der Waals surface area contributed by atoms with Crippen molar-refractivity contribution in [2.75, 3.05) is 13.1 Å². The maximum Gasteiger partial charge on any atom is 0.164 e. The Labute approximate surface area is 95.6 Å². The van der Waals surface area contributed by atoms with Crippen LogP contribution in [-0.4, -0.2) is 18.9 Å². The lowest BCUT2D eigenvalue weighted by molar-refractivity contribution is 0.0983. The Morgan fingerprint density at radius 2 is 2.20 bits per heavy atom. The summed E-state index contributed by atoms with van der Waals surface area (Å²) >= 11 is 5.95. The third kappa shape index (κ3) is 3.65. The predicted octanol–water partition coefficient (Wildman–Crippen LogP) is 2.83. The fourth-order valence-electron chi connectivity index (χ4n) is 1.29. The number of benzene rings is 1. The van der Waals surface area contributed by atoms with Gasteiger partial charge in [-0.05, 0) is 25.1 Å². The van der Waals surface area contributed by atoms with Gasteiger partial charge in [-0.1, -0.05) is 30.7 Å². The second kappa shape index (κ2) is 5.89. The number of halogens is 1. The lowest BCUT2D eigenvalue weighted by atomic mass is 10.1. The molecule has 0 saturated heterocycles. The van der Waals surface area contributed by atoms with Crippen molar-refractivity contribution in [3.8, 4) is 0 Å². The molecule has 3 heteroatoms. The molecule has 0 amide bonds. The second-order valence-corrected chi connectivity index (χ2v) is 3.90. The van der Waals surface area contributed by atoms with Gasteiger partial charge in [-0.3, -0.25) is 4.79 Å². The van der Waals surface area contributed by atoms with E-state index in [9.17, 15) is 4.79 Å². The summed E-state index contributed by atoms with van der Waals surface area (Å²) in [5, 5.41) is 3.78. The van der Waals surface area contributed by atoms with Crippen LogP contribution >= 0.6 is 11.6 Å². The van der Waals surface area contributed by atoms with Crippen LogP contribution in [0.3, 0.4) is 0 Å². The molecule has 0 aliphatic rings. The summed E-state index contributed by atoms with van der Waals surface area (Å²) in [6, 6.07) is 5.45. The quantitative estimate of drug-likeness (QED) is 0.617. The van der Waals surface area contributed by atoms with Crippen LogP contribution in [0.15, 0.2) is 18.2 Å². The summed E-state index contributed by atoms with van der Waals surface area (Å²) < 4.78 is 0. The van der Waals surface area contributed by atoms with Gasteiger partial charge in [0.25, 0.3) is 0 Å². The van der Waals surface area contributed by atoms with Crippen LogP contribution in [0.5, 0.6) is 0 Å². The van der Waals surface area contributed by atoms with Crippen molar-refractivity contribution >= 4 is 17.4 Å². The summed E-state index contributed by atoms with van der Waals surface area (Å²) in [4.78, 5) is 11.7. The van der Waals surface area contributed by atoms with Gasteiger partial charge in [0, 0.05) is 23.6 Å². The number of ketones is 1. The second-order valence-electron chi connectivity index (χ2n) is 3.49. The Kier molecular flexibility index (Phi) is 4.79. The molecular formula is C12H16ClNO. The van der Waals surface area contributed by atoms with Crippen molar-refractivity contribution < 1.29 is 4.79 Å². The highest BCUT2D eigenvalue weighted by atomic mass is 35.5. The highest BCUT2D eigenvalue weighted by Crippen LogP contribution is 2.17. The normalized spacial score (nSPS) is 10.3. The van der Waals surface area contributed by atoms with Crippen LogP contribution in [0.1, 0.15) is 29.3 Å². The number of hydrogen-bond acceptors (Lipinski definition) is 2. The summed E-state index contributed by atoms with van der Waals surface area (Å²) in [7, 11) is 0. The van der Waals surface area contributed by atoms with Crippen LogP contribution in [0, 0.1) is 6.92 Å². The van der Waals surface area contributed by atoms with Crippen molar-refractivity contribution in [2.45, 2.75) is 20.3 Å². The SMILES string of the molecule is CCNCCC(=O)c1ccc(C)c(Cl)c1. The predicted molar refractivity (Wildman–Crippen MR) is 63.7 cm³/mol. The molecule has 0 saturated carbocycles. The van der Waals surface area contributed by atoms with Gasteiger partial charge in [0.1, 0.15) is 0 Å². The molecule has 0 unspecified atom stereocenters. The third-order valence-electron chi connectivity index (χ3n) is 2.27. The molecule has 0 aliphatic carbocycles. The fourth-order valence-corrected chi connectivity index (χ4v) is 1.47. The smallest absolute Gasteiger partial charge is 0.164 e. The van der Waals surface area contributed by atoms with Gasteiger partial charge in [-0.2, -0.15) is 0 Å². The van der Waals surface area contributed by atoms with Crippen molar-refractivity contribution in [1.82, 2.24) is 5.32 Å². The Balaban J connectivity index is 2.62. The summed E-state index contributed by atoms with van der Waals surface area (Å²) in [6.45, 7) is 5.56. The average molecular weight is 226 g/mol. The molecule has 0 radical (unpaired) electrons. The Morgan fingerprint density at radius 3 is 2.80 bits per heavy atom. The van der Waals surface area contributed by atoms with Gasteiger partial charge < -0.3 is 5.32 Å². The molecule has 0 bridgehead atoms. The first-order valence-corrected chi connectivity index (χ1v) is 5.53. The molecule has 0 fully saturated rings. The van der Waals surface area contributed by atoms with E-state index in [0.29, 0.717) is 17.0 Å². The molecule has 0 spiro atoms. The number of nitrogens with one attached hydrogen (secondary N) is 1. The monoisotopic (exact) mass is 225 g/mol. The van der Waals surface area contributed by atoms with Crippen LogP contribution < -0.4 is 5.32 Å². The zero-order chi connectivity index (χ0) is 11.3. The zero-order valence-electron chi connectivity index (χ0n) is 9.14. The molecule has 1 N–H and O–H groups in total. The number of Topliss-reactive ketones (excluding diaryl/α,β-unsaturated/α-hetero) is 1. The zero-order valence-corrected chi connectivity index (χ0v) is 9.90. The highest BCUT2D eigenvalue weighted by molar-refractivity contribution is 6.31. The number of carbonyl (C=O) groups is 1. The molecule has 0 aliphatic heterocycles. The minimum absolute atomic E-state index is 0.137.